The van der Waals surface area contributed by atoms with Crippen LogP contribution in [0.1, 0.15) is 32.1 Å². The number of hydrogen-bond donors (Lipinski definition) is 2. The number of nitrogens with one attached hydrogen (secondary N) is 2. The molecule has 5 rings (SSSR count). The van der Waals surface area contributed by atoms with Crippen LogP contribution in [0.4, 0.5) is 10.5 Å². The molecule has 0 spiro atoms. The van der Waals surface area contributed by atoms with Crippen LogP contribution in [0.5, 0.6) is 0 Å². The minimum Gasteiger partial charge on any atom is -0.335 e. The zero-order chi connectivity index (χ0) is 20.3. The van der Waals surface area contributed by atoms with Crippen molar-refractivity contribution in [2.45, 2.75) is 38.1 Å². The summed E-state index contributed by atoms with van der Waals surface area (Å²) in [5.41, 5.74) is 3.06. The molecule has 0 saturated heterocycles. The van der Waals surface area contributed by atoms with Gasteiger partial charge in [-0.15, -0.1) is 0 Å². The maximum Gasteiger partial charge on any atom is 0.319 e. The molecule has 0 aromatic heterocycles. The standard InChI is InChI=1S/C27H26N2O/c30-27(28-21-12-2-1-3-13-21)29-25-18-17-20-10-5-7-15-23(20)26(25)24-16-8-11-19-9-4-6-14-22(19)24/h4-11,14-18,21H,1-3,12-13H2,(H2,28,29,30). The summed E-state index contributed by atoms with van der Waals surface area (Å²) < 4.78 is 0. The van der Waals surface area contributed by atoms with Crippen molar-refractivity contribution in [3.63, 3.8) is 0 Å². The molecule has 0 unspecified atom stereocenters. The van der Waals surface area contributed by atoms with Crippen LogP contribution in [0.2, 0.25) is 0 Å². The molecular formula is C27H26N2O. The Morgan fingerprint density at radius 1 is 0.700 bits per heavy atom. The lowest BCUT2D eigenvalue weighted by Gasteiger charge is -2.23. The molecule has 3 heteroatoms. The Balaban J connectivity index is 1.59. The molecule has 1 fully saturated rings. The fraction of sp³-hybridized carbons (Fsp3) is 0.222. The topological polar surface area (TPSA) is 41.1 Å². The van der Waals surface area contributed by atoms with Crippen molar-refractivity contribution in [1.29, 1.82) is 0 Å². The Labute approximate surface area is 177 Å². The van der Waals surface area contributed by atoms with Gasteiger partial charge in [-0.1, -0.05) is 92.1 Å². The number of carbonyl (C=O) groups excluding carboxylic acids is 1. The first-order valence-corrected chi connectivity index (χ1v) is 10.9. The van der Waals surface area contributed by atoms with Gasteiger partial charge in [0, 0.05) is 11.6 Å². The molecule has 4 aromatic rings. The maximum atomic E-state index is 12.8. The van der Waals surface area contributed by atoms with Crippen LogP contribution in [0.15, 0.2) is 78.9 Å². The second-order valence-corrected chi connectivity index (χ2v) is 8.17. The summed E-state index contributed by atoms with van der Waals surface area (Å²) in [5, 5.41) is 11.0. The van der Waals surface area contributed by atoms with Gasteiger partial charge in [0.1, 0.15) is 0 Å². The minimum absolute atomic E-state index is 0.112. The predicted molar refractivity (Wildman–Crippen MR) is 126 cm³/mol. The molecule has 1 aliphatic carbocycles. The fourth-order valence-electron chi connectivity index (χ4n) is 4.70. The predicted octanol–water partition coefficient (Wildman–Crippen LogP) is 7.11. The summed E-state index contributed by atoms with van der Waals surface area (Å²) in [6, 6.07) is 27.4. The molecule has 2 amide bonds. The zero-order valence-electron chi connectivity index (χ0n) is 17.0. The molecule has 4 aromatic carbocycles. The Morgan fingerprint density at radius 2 is 1.37 bits per heavy atom. The minimum atomic E-state index is -0.112. The van der Waals surface area contributed by atoms with Gasteiger partial charge >= 0.3 is 6.03 Å². The van der Waals surface area contributed by atoms with Crippen LogP contribution in [-0.4, -0.2) is 12.1 Å². The lowest BCUT2D eigenvalue weighted by Crippen LogP contribution is -2.39. The molecule has 150 valence electrons. The quantitative estimate of drug-likeness (QED) is 0.382. The molecule has 2 N–H and O–H groups in total. The molecule has 1 aliphatic rings. The van der Waals surface area contributed by atoms with Gasteiger partial charge in [0.2, 0.25) is 0 Å². The number of hydrogen-bond acceptors (Lipinski definition) is 1. The summed E-state index contributed by atoms with van der Waals surface area (Å²) in [6.07, 6.45) is 5.81. The number of anilines is 1. The van der Waals surface area contributed by atoms with Gasteiger partial charge in [-0.3, -0.25) is 0 Å². The van der Waals surface area contributed by atoms with Crippen LogP contribution in [0, 0.1) is 0 Å². The molecule has 0 radical (unpaired) electrons. The van der Waals surface area contributed by atoms with Crippen molar-refractivity contribution in [2.24, 2.45) is 0 Å². The first kappa shape index (κ1) is 18.7. The number of rotatable bonds is 3. The number of carbonyl (C=O) groups is 1. The largest absolute Gasteiger partial charge is 0.335 e. The van der Waals surface area contributed by atoms with E-state index in [0.29, 0.717) is 0 Å². The second kappa shape index (κ2) is 8.19. The van der Waals surface area contributed by atoms with E-state index in [2.05, 4.69) is 83.4 Å². The van der Waals surface area contributed by atoms with Crippen LogP contribution in [0.25, 0.3) is 32.7 Å². The number of benzene rings is 4. The van der Waals surface area contributed by atoms with E-state index in [1.807, 2.05) is 6.07 Å². The third-order valence-electron chi connectivity index (χ3n) is 6.18. The van der Waals surface area contributed by atoms with E-state index in [1.165, 1.54) is 35.4 Å². The van der Waals surface area contributed by atoms with E-state index in [-0.39, 0.29) is 12.1 Å². The third-order valence-corrected chi connectivity index (χ3v) is 6.18. The van der Waals surface area contributed by atoms with E-state index in [0.717, 1.165) is 35.0 Å². The normalized spacial score (nSPS) is 14.7. The highest BCUT2D eigenvalue weighted by Gasteiger charge is 2.18. The molecule has 0 aliphatic heterocycles. The summed E-state index contributed by atoms with van der Waals surface area (Å²) >= 11 is 0. The first-order valence-electron chi connectivity index (χ1n) is 10.9. The summed E-state index contributed by atoms with van der Waals surface area (Å²) in [7, 11) is 0. The van der Waals surface area contributed by atoms with Crippen LogP contribution >= 0.6 is 0 Å². The summed E-state index contributed by atoms with van der Waals surface area (Å²) in [4.78, 5) is 12.8. The maximum absolute atomic E-state index is 12.8. The van der Waals surface area contributed by atoms with Crippen molar-refractivity contribution < 1.29 is 4.79 Å². The van der Waals surface area contributed by atoms with Crippen molar-refractivity contribution >= 4 is 33.3 Å². The number of urea groups is 1. The lowest BCUT2D eigenvalue weighted by atomic mass is 9.92. The smallest absolute Gasteiger partial charge is 0.319 e. The van der Waals surface area contributed by atoms with Gasteiger partial charge in [0.25, 0.3) is 0 Å². The first-order chi connectivity index (χ1) is 14.8. The average molecular weight is 395 g/mol. The van der Waals surface area contributed by atoms with Crippen molar-refractivity contribution in [1.82, 2.24) is 5.32 Å². The summed E-state index contributed by atoms with van der Waals surface area (Å²) in [5.74, 6) is 0. The molecule has 1 saturated carbocycles. The Bertz CT molecular complexity index is 1200. The van der Waals surface area contributed by atoms with E-state index in [1.54, 1.807) is 0 Å². The molecule has 30 heavy (non-hydrogen) atoms. The van der Waals surface area contributed by atoms with Gasteiger partial charge in [0.15, 0.2) is 0 Å². The van der Waals surface area contributed by atoms with Gasteiger partial charge in [-0.25, -0.2) is 4.79 Å². The fourth-order valence-corrected chi connectivity index (χ4v) is 4.70. The molecule has 0 bridgehead atoms. The van der Waals surface area contributed by atoms with Crippen molar-refractivity contribution in [3.05, 3.63) is 78.9 Å². The lowest BCUT2D eigenvalue weighted by molar-refractivity contribution is 0.244. The number of fused-ring (bicyclic) bond motifs is 2. The second-order valence-electron chi connectivity index (χ2n) is 8.17. The summed E-state index contributed by atoms with van der Waals surface area (Å²) in [6.45, 7) is 0. The van der Waals surface area contributed by atoms with Gasteiger partial charge < -0.3 is 10.6 Å². The molecular weight excluding hydrogens is 368 g/mol. The van der Waals surface area contributed by atoms with E-state index >= 15 is 0 Å². The van der Waals surface area contributed by atoms with E-state index in [4.69, 9.17) is 0 Å². The van der Waals surface area contributed by atoms with Crippen LogP contribution in [0.3, 0.4) is 0 Å². The van der Waals surface area contributed by atoms with Crippen molar-refractivity contribution in [3.8, 4) is 11.1 Å². The Kier molecular flexibility index (Phi) is 5.10. The van der Waals surface area contributed by atoms with Gasteiger partial charge in [-0.05, 0) is 46.0 Å². The zero-order valence-corrected chi connectivity index (χ0v) is 17.0. The highest BCUT2D eigenvalue weighted by atomic mass is 16.2. The Hall–Kier alpha value is -3.33. The van der Waals surface area contributed by atoms with Crippen LogP contribution < -0.4 is 10.6 Å². The van der Waals surface area contributed by atoms with Crippen LogP contribution in [-0.2, 0) is 0 Å². The monoisotopic (exact) mass is 394 g/mol. The average Bonchev–Trinajstić information content (AvgIpc) is 2.79. The van der Waals surface area contributed by atoms with Gasteiger partial charge in [0.05, 0.1) is 5.69 Å². The Morgan fingerprint density at radius 3 is 2.17 bits per heavy atom. The van der Waals surface area contributed by atoms with E-state index < -0.39 is 0 Å². The van der Waals surface area contributed by atoms with Crippen molar-refractivity contribution in [2.75, 3.05) is 5.32 Å². The number of amides is 2. The highest BCUT2D eigenvalue weighted by Crippen LogP contribution is 2.39. The van der Waals surface area contributed by atoms with E-state index in [9.17, 15) is 4.79 Å². The third kappa shape index (κ3) is 3.63. The highest BCUT2D eigenvalue weighted by molar-refractivity contribution is 6.11. The molecule has 0 heterocycles. The molecule has 3 nitrogen and oxygen atoms in total. The SMILES string of the molecule is O=C(Nc1ccc2ccccc2c1-c1cccc2ccccc12)NC1CCCCC1. The van der Waals surface area contributed by atoms with Gasteiger partial charge in [-0.2, -0.15) is 0 Å². The molecule has 0 atom stereocenters.